The van der Waals surface area contributed by atoms with Crippen molar-refractivity contribution in [3.63, 3.8) is 0 Å². The molecular weight excluding hydrogens is 399 g/mol. The van der Waals surface area contributed by atoms with Crippen LogP contribution in [0.25, 0.3) is 5.57 Å². The van der Waals surface area contributed by atoms with Crippen molar-refractivity contribution in [3.05, 3.63) is 71.2 Å². The Morgan fingerprint density at radius 3 is 2.53 bits per heavy atom. The molecule has 3 rings (SSSR count). The third kappa shape index (κ3) is 6.93. The number of allylic oxidation sites excluding steroid dienone is 5. The standard InChI is InChI=1S/C21H22FN3OS.C2H7N/c1-2-16(7-3-4-12-22)21-24-19(15-27-21)20(26)23-17-8-10-18(11-9-17)25-13-5-6-14-25;1-3-2/h2-4,7-11,15H,1,5-6,12-14H2,(H,23,26);3H,1-2H3/b4-3-,16-7+;. The van der Waals surface area contributed by atoms with E-state index in [-0.39, 0.29) is 5.91 Å². The van der Waals surface area contributed by atoms with Crippen molar-refractivity contribution in [2.24, 2.45) is 0 Å². The van der Waals surface area contributed by atoms with Crippen LogP contribution in [0.5, 0.6) is 0 Å². The maximum absolute atomic E-state index is 12.5. The first kappa shape index (κ1) is 23.5. The van der Waals surface area contributed by atoms with Gasteiger partial charge in [-0.3, -0.25) is 4.79 Å². The normalized spacial score (nSPS) is 13.8. The number of hydrogen-bond acceptors (Lipinski definition) is 5. The van der Waals surface area contributed by atoms with Crippen LogP contribution in [0, 0.1) is 0 Å². The fraction of sp³-hybridized carbons (Fsp3) is 0.304. The SMILES string of the molecule is C=C/C(=C\C=C/CF)c1nc(C(=O)Nc2ccc(N3CCCC3)cc2)cs1.CNC. The Kier molecular flexibility index (Phi) is 9.97. The molecule has 1 aromatic heterocycles. The zero-order valence-electron chi connectivity index (χ0n) is 17.5. The molecule has 1 aliphatic heterocycles. The van der Waals surface area contributed by atoms with Gasteiger partial charge < -0.3 is 15.5 Å². The molecule has 0 radical (unpaired) electrons. The lowest BCUT2D eigenvalue weighted by atomic mass is 10.2. The smallest absolute Gasteiger partial charge is 0.275 e. The predicted octanol–water partition coefficient (Wildman–Crippen LogP) is 4.93. The van der Waals surface area contributed by atoms with E-state index in [9.17, 15) is 9.18 Å². The van der Waals surface area contributed by atoms with Crippen molar-refractivity contribution in [1.29, 1.82) is 0 Å². The van der Waals surface area contributed by atoms with Gasteiger partial charge in [-0.2, -0.15) is 0 Å². The van der Waals surface area contributed by atoms with Crippen molar-refractivity contribution in [3.8, 4) is 0 Å². The maximum Gasteiger partial charge on any atom is 0.275 e. The number of nitrogens with zero attached hydrogens (tertiary/aromatic N) is 2. The quantitative estimate of drug-likeness (QED) is 0.614. The highest BCUT2D eigenvalue weighted by Crippen LogP contribution is 2.24. The number of carbonyl (C=O) groups excluding carboxylic acids is 1. The minimum absolute atomic E-state index is 0.255. The zero-order valence-corrected chi connectivity index (χ0v) is 18.3. The zero-order chi connectivity index (χ0) is 21.8. The summed E-state index contributed by atoms with van der Waals surface area (Å²) in [5, 5.41) is 8.00. The molecule has 2 heterocycles. The molecule has 1 aliphatic rings. The number of amides is 1. The number of halogens is 1. The second-order valence-electron chi connectivity index (χ2n) is 6.64. The lowest BCUT2D eigenvalue weighted by molar-refractivity contribution is 0.102. The molecule has 1 amide bonds. The second-order valence-corrected chi connectivity index (χ2v) is 7.50. The Hall–Kier alpha value is -2.77. The van der Waals surface area contributed by atoms with Crippen LogP contribution in [0.4, 0.5) is 15.8 Å². The summed E-state index contributed by atoms with van der Waals surface area (Å²) in [5.41, 5.74) is 3.02. The molecule has 0 atom stereocenters. The second kappa shape index (κ2) is 12.7. The van der Waals surface area contributed by atoms with Gasteiger partial charge in [0.1, 0.15) is 17.4 Å². The molecule has 1 aromatic carbocycles. The molecule has 0 unspecified atom stereocenters. The lowest BCUT2D eigenvalue weighted by Gasteiger charge is -2.17. The Morgan fingerprint density at radius 2 is 1.93 bits per heavy atom. The Bertz CT molecular complexity index is 868. The van der Waals surface area contributed by atoms with E-state index in [0.29, 0.717) is 10.7 Å². The molecule has 0 aliphatic carbocycles. The number of carbonyl (C=O) groups is 1. The van der Waals surface area contributed by atoms with Crippen LogP contribution in [0.3, 0.4) is 0 Å². The van der Waals surface area contributed by atoms with Crippen LogP contribution >= 0.6 is 11.3 Å². The summed E-state index contributed by atoms with van der Waals surface area (Å²) >= 11 is 1.35. The number of aromatic nitrogens is 1. The monoisotopic (exact) mass is 428 g/mol. The number of anilines is 2. The Balaban J connectivity index is 0.00000101. The van der Waals surface area contributed by atoms with Crippen molar-refractivity contribution in [2.75, 3.05) is 44.1 Å². The first-order valence-electron chi connectivity index (χ1n) is 9.89. The molecule has 30 heavy (non-hydrogen) atoms. The number of hydrogen-bond donors (Lipinski definition) is 2. The van der Waals surface area contributed by atoms with E-state index in [1.807, 2.05) is 38.4 Å². The lowest BCUT2D eigenvalue weighted by Crippen LogP contribution is -2.17. The summed E-state index contributed by atoms with van der Waals surface area (Å²) in [6.45, 7) is 5.40. The first-order valence-corrected chi connectivity index (χ1v) is 10.8. The maximum atomic E-state index is 12.5. The average Bonchev–Trinajstić information content (AvgIpc) is 3.45. The molecule has 5 nitrogen and oxygen atoms in total. The van der Waals surface area contributed by atoms with Crippen molar-refractivity contribution < 1.29 is 9.18 Å². The molecular formula is C23H29FN4OS. The van der Waals surface area contributed by atoms with Crippen LogP contribution < -0.4 is 15.5 Å². The Morgan fingerprint density at radius 1 is 1.27 bits per heavy atom. The number of benzene rings is 1. The number of alkyl halides is 1. The van der Waals surface area contributed by atoms with E-state index in [4.69, 9.17) is 0 Å². The summed E-state index contributed by atoms with van der Waals surface area (Å²) in [7, 11) is 3.75. The average molecular weight is 429 g/mol. The van der Waals surface area contributed by atoms with Gasteiger partial charge in [0.2, 0.25) is 0 Å². The minimum Gasteiger partial charge on any atom is -0.372 e. The summed E-state index contributed by atoms with van der Waals surface area (Å²) in [4.78, 5) is 19.2. The highest BCUT2D eigenvalue weighted by Gasteiger charge is 2.14. The minimum atomic E-state index is -0.525. The van der Waals surface area contributed by atoms with E-state index in [0.717, 1.165) is 24.4 Å². The first-order chi connectivity index (χ1) is 14.6. The van der Waals surface area contributed by atoms with E-state index in [1.54, 1.807) is 23.6 Å². The topological polar surface area (TPSA) is 57.3 Å². The molecule has 7 heteroatoms. The number of thiazole rings is 1. The highest BCUT2D eigenvalue weighted by atomic mass is 32.1. The van der Waals surface area contributed by atoms with Gasteiger partial charge in [0.15, 0.2) is 0 Å². The Labute approximate surface area is 182 Å². The van der Waals surface area contributed by atoms with Gasteiger partial charge in [-0.15, -0.1) is 11.3 Å². The molecule has 2 N–H and O–H groups in total. The van der Waals surface area contributed by atoms with Crippen LogP contribution in [0.15, 0.2) is 60.5 Å². The van der Waals surface area contributed by atoms with E-state index in [2.05, 4.69) is 27.1 Å². The fourth-order valence-electron chi connectivity index (χ4n) is 2.89. The highest BCUT2D eigenvalue weighted by molar-refractivity contribution is 7.11. The molecule has 1 saturated heterocycles. The molecule has 1 fully saturated rings. The van der Waals surface area contributed by atoms with Crippen LogP contribution in [0.1, 0.15) is 28.3 Å². The number of nitrogens with one attached hydrogen (secondary N) is 2. The fourth-order valence-corrected chi connectivity index (χ4v) is 3.71. The van der Waals surface area contributed by atoms with Crippen LogP contribution in [-0.4, -0.2) is 44.8 Å². The van der Waals surface area contributed by atoms with Crippen LogP contribution in [0.2, 0.25) is 0 Å². The third-order valence-corrected chi connectivity index (χ3v) is 5.19. The van der Waals surface area contributed by atoms with Crippen molar-refractivity contribution in [1.82, 2.24) is 10.3 Å². The van der Waals surface area contributed by atoms with E-state index >= 15 is 0 Å². The molecule has 0 spiro atoms. The van der Waals surface area contributed by atoms with Crippen LogP contribution in [-0.2, 0) is 0 Å². The largest absolute Gasteiger partial charge is 0.372 e. The molecule has 160 valence electrons. The van der Waals surface area contributed by atoms with Crippen molar-refractivity contribution in [2.45, 2.75) is 12.8 Å². The van der Waals surface area contributed by atoms with Gasteiger partial charge in [-0.25, -0.2) is 9.37 Å². The molecule has 2 aromatic rings. The van der Waals surface area contributed by atoms with Gasteiger partial charge >= 0.3 is 0 Å². The van der Waals surface area contributed by atoms with Crippen molar-refractivity contribution >= 4 is 34.2 Å². The van der Waals surface area contributed by atoms with Gasteiger partial charge in [0.25, 0.3) is 5.91 Å². The summed E-state index contributed by atoms with van der Waals surface area (Å²) in [6.07, 6.45) is 8.84. The third-order valence-electron chi connectivity index (χ3n) is 4.30. The van der Waals surface area contributed by atoms with Gasteiger partial charge in [0.05, 0.1) is 0 Å². The molecule has 0 bridgehead atoms. The summed E-state index contributed by atoms with van der Waals surface area (Å²) < 4.78 is 12.2. The van der Waals surface area contributed by atoms with E-state index in [1.165, 1.54) is 35.9 Å². The molecule has 0 saturated carbocycles. The van der Waals surface area contributed by atoms with Gasteiger partial charge in [-0.05, 0) is 51.2 Å². The number of rotatable bonds is 7. The summed E-state index contributed by atoms with van der Waals surface area (Å²) in [5.74, 6) is -0.255. The predicted molar refractivity (Wildman–Crippen MR) is 126 cm³/mol. The summed E-state index contributed by atoms with van der Waals surface area (Å²) in [6, 6.07) is 7.89. The van der Waals surface area contributed by atoms with E-state index < -0.39 is 6.67 Å². The van der Waals surface area contributed by atoms with Gasteiger partial charge in [0, 0.05) is 35.4 Å². The van der Waals surface area contributed by atoms with Gasteiger partial charge in [-0.1, -0.05) is 30.9 Å².